The Kier molecular flexibility index (Phi) is 78.3. The van der Waals surface area contributed by atoms with Crippen molar-refractivity contribution in [2.45, 2.75) is 0 Å². The number of hydrogen-bond donors (Lipinski definition) is 6. The predicted octanol–water partition coefficient (Wildman–Crippen LogP) is -5.84. The van der Waals surface area contributed by atoms with E-state index >= 15 is 0 Å². The van der Waals surface area contributed by atoms with E-state index in [1.807, 2.05) is 0 Å². The van der Waals surface area contributed by atoms with Crippen LogP contribution in [-0.4, -0.2) is 88.4 Å². The minimum atomic E-state index is -1.82. The van der Waals surface area contributed by atoms with Gasteiger partial charge in [0.25, 0.3) is 0 Å². The van der Waals surface area contributed by atoms with Gasteiger partial charge in [-0.15, -0.1) is 0 Å². The third kappa shape index (κ3) is 73.2. The van der Waals surface area contributed by atoms with Gasteiger partial charge in [-0.05, 0) is 0 Å². The smallest absolute Gasteiger partial charge is 0.414 e. The monoisotopic (exact) mass is 454 g/mol. The first-order valence-corrected chi connectivity index (χ1v) is 3.32. The molecule has 18 heteroatoms. The SMILES string of the molecule is O.O.O.O.O=C(O)C(=O)O.O=C(O)C(=O)O.O=C(O)C(=O)O.[Fe].[Fe]. The molecular formula is C6H14Fe2O16. The van der Waals surface area contributed by atoms with E-state index in [0.29, 0.717) is 0 Å². The number of carboxylic acids is 6. The molecule has 0 unspecified atom stereocenters. The minimum Gasteiger partial charge on any atom is -0.473 e. The molecule has 0 radical (unpaired) electrons. The van der Waals surface area contributed by atoms with Gasteiger partial charge >= 0.3 is 35.8 Å². The molecule has 0 fully saturated rings. The van der Waals surface area contributed by atoms with Crippen molar-refractivity contribution in [1.29, 1.82) is 0 Å². The van der Waals surface area contributed by atoms with Crippen LogP contribution in [-0.2, 0) is 62.9 Å². The van der Waals surface area contributed by atoms with Gasteiger partial charge < -0.3 is 52.5 Å². The van der Waals surface area contributed by atoms with E-state index in [0.717, 1.165) is 0 Å². The van der Waals surface area contributed by atoms with Crippen LogP contribution in [0.25, 0.3) is 0 Å². The quantitative estimate of drug-likeness (QED) is 0.147. The zero-order chi connectivity index (χ0) is 15.5. The third-order valence-corrected chi connectivity index (χ3v) is 0.549. The fourth-order valence-corrected chi connectivity index (χ4v) is 0. The standard InChI is InChI=1S/3C2H2O4.2Fe.4H2O/c3*3-1(4)2(5)6;;;;;;/h3*(H,3,4)(H,5,6);;;4*1H2. The molecule has 0 bridgehead atoms. The van der Waals surface area contributed by atoms with Crippen molar-refractivity contribution in [1.82, 2.24) is 0 Å². The summed E-state index contributed by atoms with van der Waals surface area (Å²) < 4.78 is 0. The van der Waals surface area contributed by atoms with Crippen LogP contribution in [0.2, 0.25) is 0 Å². The molecule has 0 rings (SSSR count). The molecule has 0 aromatic rings. The van der Waals surface area contributed by atoms with Crippen molar-refractivity contribution >= 4 is 35.8 Å². The number of rotatable bonds is 0. The van der Waals surface area contributed by atoms with Crippen molar-refractivity contribution in [2.75, 3.05) is 0 Å². The summed E-state index contributed by atoms with van der Waals surface area (Å²) in [6.07, 6.45) is 0. The van der Waals surface area contributed by atoms with Gasteiger partial charge in [-0.2, -0.15) is 0 Å². The van der Waals surface area contributed by atoms with Crippen molar-refractivity contribution < 1.29 is 115 Å². The van der Waals surface area contributed by atoms with Gasteiger partial charge in [0.2, 0.25) is 0 Å². The molecular weight excluding hydrogens is 440 g/mol. The number of carboxylic acid groups (broad SMARTS) is 6. The summed E-state index contributed by atoms with van der Waals surface area (Å²) >= 11 is 0. The zero-order valence-corrected chi connectivity index (χ0v) is 13.0. The second-order valence-electron chi connectivity index (χ2n) is 1.83. The van der Waals surface area contributed by atoms with E-state index < -0.39 is 35.8 Å². The maximum absolute atomic E-state index is 9.10. The summed E-state index contributed by atoms with van der Waals surface area (Å²) in [5, 5.41) is 44.3. The number of hydrogen-bond acceptors (Lipinski definition) is 6. The average Bonchev–Trinajstić information content (AvgIpc) is 2.18. The Bertz CT molecular complexity index is 284. The Morgan fingerprint density at radius 2 is 0.375 bits per heavy atom. The fourth-order valence-electron chi connectivity index (χ4n) is 0. The first-order chi connectivity index (χ1) is 7.93. The Labute approximate surface area is 151 Å². The summed E-state index contributed by atoms with van der Waals surface area (Å²) in [6.45, 7) is 0. The molecule has 0 heterocycles. The van der Waals surface area contributed by atoms with E-state index in [1.165, 1.54) is 0 Å². The molecule has 0 saturated heterocycles. The second kappa shape index (κ2) is 32.6. The summed E-state index contributed by atoms with van der Waals surface area (Å²) in [6, 6.07) is 0. The Hall–Kier alpha value is -2.30. The van der Waals surface area contributed by atoms with Crippen LogP contribution in [0.1, 0.15) is 0 Å². The van der Waals surface area contributed by atoms with Crippen molar-refractivity contribution in [2.24, 2.45) is 0 Å². The zero-order valence-electron chi connectivity index (χ0n) is 10.8. The van der Waals surface area contributed by atoms with Crippen LogP contribution in [0.3, 0.4) is 0 Å². The minimum absolute atomic E-state index is 0. The molecule has 150 valence electrons. The van der Waals surface area contributed by atoms with E-state index in [9.17, 15) is 0 Å². The van der Waals surface area contributed by atoms with Gasteiger partial charge in [0.15, 0.2) is 0 Å². The molecule has 0 aliphatic rings. The van der Waals surface area contributed by atoms with Crippen LogP contribution in [0.5, 0.6) is 0 Å². The van der Waals surface area contributed by atoms with Crippen LogP contribution < -0.4 is 0 Å². The van der Waals surface area contributed by atoms with E-state index in [2.05, 4.69) is 0 Å². The first-order valence-electron chi connectivity index (χ1n) is 3.32. The van der Waals surface area contributed by atoms with Crippen LogP contribution in [0.4, 0.5) is 0 Å². The Morgan fingerprint density at radius 1 is 0.333 bits per heavy atom. The van der Waals surface area contributed by atoms with Gasteiger partial charge in [-0.1, -0.05) is 0 Å². The summed E-state index contributed by atoms with van der Waals surface area (Å²) in [7, 11) is 0. The van der Waals surface area contributed by atoms with E-state index in [1.54, 1.807) is 0 Å². The molecule has 16 nitrogen and oxygen atoms in total. The maximum Gasteiger partial charge on any atom is 0.414 e. The number of carbonyl (C=O) groups is 6. The van der Waals surface area contributed by atoms with Crippen molar-refractivity contribution in [3.63, 3.8) is 0 Å². The number of aliphatic carboxylic acids is 6. The molecule has 0 spiro atoms. The molecule has 0 atom stereocenters. The second-order valence-corrected chi connectivity index (χ2v) is 1.83. The van der Waals surface area contributed by atoms with Gasteiger partial charge in [-0.25, -0.2) is 28.8 Å². The fraction of sp³-hybridized carbons (Fsp3) is 0. The summed E-state index contributed by atoms with van der Waals surface area (Å²) in [5.74, 6) is -10.9. The molecule has 24 heavy (non-hydrogen) atoms. The third-order valence-electron chi connectivity index (χ3n) is 0.549. The van der Waals surface area contributed by atoms with E-state index in [4.69, 9.17) is 59.4 Å². The normalized spacial score (nSPS) is 5.50. The van der Waals surface area contributed by atoms with Crippen LogP contribution >= 0.6 is 0 Å². The van der Waals surface area contributed by atoms with Crippen LogP contribution in [0.15, 0.2) is 0 Å². The Balaban J connectivity index is -0.0000000179. The topological polar surface area (TPSA) is 350 Å². The predicted molar refractivity (Wildman–Crippen MR) is 60.3 cm³/mol. The maximum atomic E-state index is 9.10. The molecule has 0 aliphatic heterocycles. The summed E-state index contributed by atoms with van der Waals surface area (Å²) in [4.78, 5) is 54.6. The molecule has 0 saturated carbocycles. The molecule has 14 N–H and O–H groups in total. The van der Waals surface area contributed by atoms with Gasteiger partial charge in [0, 0.05) is 34.1 Å². The largest absolute Gasteiger partial charge is 0.473 e. The molecule has 0 aliphatic carbocycles. The van der Waals surface area contributed by atoms with Crippen molar-refractivity contribution in [3.05, 3.63) is 0 Å². The van der Waals surface area contributed by atoms with Gasteiger partial charge in [-0.3, -0.25) is 0 Å². The average molecular weight is 454 g/mol. The summed E-state index contributed by atoms with van der Waals surface area (Å²) in [5.41, 5.74) is 0. The van der Waals surface area contributed by atoms with Crippen molar-refractivity contribution in [3.8, 4) is 0 Å². The molecule has 0 amide bonds. The first kappa shape index (κ1) is 57.7. The van der Waals surface area contributed by atoms with Crippen LogP contribution in [0, 0.1) is 0 Å². The van der Waals surface area contributed by atoms with E-state index in [-0.39, 0.29) is 56.0 Å². The van der Waals surface area contributed by atoms with Gasteiger partial charge in [0.05, 0.1) is 0 Å². The Morgan fingerprint density at radius 3 is 0.375 bits per heavy atom. The molecule has 0 aromatic heterocycles. The molecule has 0 aromatic carbocycles. The van der Waals surface area contributed by atoms with Gasteiger partial charge in [0.1, 0.15) is 0 Å².